The van der Waals surface area contributed by atoms with Crippen molar-refractivity contribution in [1.29, 1.82) is 0 Å². The van der Waals surface area contributed by atoms with Crippen molar-refractivity contribution >= 4 is 5.91 Å². The Morgan fingerprint density at radius 3 is 2.95 bits per heavy atom. The summed E-state index contributed by atoms with van der Waals surface area (Å²) in [5, 5.41) is 10.1. The number of aromatic amines is 1. The molecule has 0 spiro atoms. The fraction of sp³-hybridized carbons (Fsp3) is 0.714. The van der Waals surface area contributed by atoms with Gasteiger partial charge in [0.15, 0.2) is 0 Å². The van der Waals surface area contributed by atoms with Crippen molar-refractivity contribution in [3.05, 3.63) is 18.0 Å². The summed E-state index contributed by atoms with van der Waals surface area (Å²) in [6.45, 7) is 4.93. The number of H-pyrrole nitrogens is 1. The van der Waals surface area contributed by atoms with Gasteiger partial charge in [-0.1, -0.05) is 6.92 Å². The first-order valence-corrected chi connectivity index (χ1v) is 7.27. The third-order valence-corrected chi connectivity index (χ3v) is 4.60. The van der Waals surface area contributed by atoms with E-state index in [1.54, 1.807) is 0 Å². The molecule has 3 rings (SSSR count). The first kappa shape index (κ1) is 12.7. The second-order valence-electron chi connectivity index (χ2n) is 5.78. The Hall–Kier alpha value is -1.36. The number of likely N-dealkylation sites (tertiary alicyclic amines) is 1. The molecule has 2 saturated heterocycles. The van der Waals surface area contributed by atoms with Gasteiger partial charge < -0.3 is 10.2 Å². The number of hydrogen-bond acceptors (Lipinski definition) is 3. The molecule has 2 aliphatic rings. The van der Waals surface area contributed by atoms with Gasteiger partial charge >= 0.3 is 0 Å². The van der Waals surface area contributed by atoms with E-state index in [0.717, 1.165) is 38.0 Å². The smallest absolute Gasteiger partial charge is 0.226 e. The Morgan fingerprint density at radius 1 is 1.47 bits per heavy atom. The minimum absolute atomic E-state index is 0.133. The number of carbonyl (C=O) groups excluding carboxylic acids is 1. The van der Waals surface area contributed by atoms with Crippen LogP contribution in [0.15, 0.2) is 12.4 Å². The first-order chi connectivity index (χ1) is 9.27. The van der Waals surface area contributed by atoms with Gasteiger partial charge in [0.2, 0.25) is 5.91 Å². The van der Waals surface area contributed by atoms with Gasteiger partial charge in [0, 0.05) is 24.2 Å². The van der Waals surface area contributed by atoms with Gasteiger partial charge in [-0.25, -0.2) is 0 Å². The molecule has 2 atom stereocenters. The monoisotopic (exact) mass is 262 g/mol. The maximum absolute atomic E-state index is 12.7. The molecule has 0 radical (unpaired) electrons. The van der Waals surface area contributed by atoms with E-state index < -0.39 is 0 Å². The third-order valence-electron chi connectivity index (χ3n) is 4.60. The van der Waals surface area contributed by atoms with Crippen molar-refractivity contribution in [1.82, 2.24) is 20.4 Å². The van der Waals surface area contributed by atoms with Gasteiger partial charge in [0.25, 0.3) is 0 Å². The third kappa shape index (κ3) is 2.39. The van der Waals surface area contributed by atoms with E-state index in [-0.39, 0.29) is 12.0 Å². The average molecular weight is 262 g/mol. The van der Waals surface area contributed by atoms with Crippen LogP contribution in [-0.4, -0.2) is 40.6 Å². The standard InChI is InChI=1S/C14H22N4O/c1-10(11-6-15-7-11)14(19)18-5-3-2-4-13(18)12-8-16-17-9-12/h8-11,13,15H,2-7H2,1H3,(H,16,17). The second kappa shape index (κ2) is 5.33. The SMILES string of the molecule is CC(C(=O)N1CCCCC1c1cn[nH]c1)C1CNC1. The second-order valence-corrected chi connectivity index (χ2v) is 5.78. The molecule has 0 aliphatic carbocycles. The Balaban J connectivity index is 1.74. The fourth-order valence-corrected chi connectivity index (χ4v) is 3.11. The quantitative estimate of drug-likeness (QED) is 0.863. The van der Waals surface area contributed by atoms with Crippen molar-refractivity contribution in [3.8, 4) is 0 Å². The van der Waals surface area contributed by atoms with Crippen LogP contribution in [0.3, 0.4) is 0 Å². The van der Waals surface area contributed by atoms with E-state index in [1.807, 2.05) is 12.4 Å². The van der Waals surface area contributed by atoms with Crippen LogP contribution in [0.4, 0.5) is 0 Å². The van der Waals surface area contributed by atoms with Crippen molar-refractivity contribution < 1.29 is 4.79 Å². The van der Waals surface area contributed by atoms with Crippen molar-refractivity contribution in [2.45, 2.75) is 32.2 Å². The lowest BCUT2D eigenvalue weighted by Gasteiger charge is -2.40. The van der Waals surface area contributed by atoms with Gasteiger partial charge in [0.1, 0.15) is 0 Å². The topological polar surface area (TPSA) is 61.0 Å². The zero-order chi connectivity index (χ0) is 13.2. The summed E-state index contributed by atoms with van der Waals surface area (Å²) < 4.78 is 0. The lowest BCUT2D eigenvalue weighted by atomic mass is 9.86. The molecule has 0 saturated carbocycles. The number of nitrogens with one attached hydrogen (secondary N) is 2. The predicted octanol–water partition coefficient (Wildman–Crippen LogP) is 1.32. The minimum atomic E-state index is 0.133. The highest BCUT2D eigenvalue weighted by atomic mass is 16.2. The number of amides is 1. The van der Waals surface area contributed by atoms with Gasteiger partial charge in [-0.15, -0.1) is 0 Å². The number of rotatable bonds is 3. The van der Waals surface area contributed by atoms with Crippen LogP contribution in [0, 0.1) is 11.8 Å². The molecule has 3 heterocycles. The zero-order valence-corrected chi connectivity index (χ0v) is 11.4. The molecule has 5 nitrogen and oxygen atoms in total. The molecule has 0 bridgehead atoms. The van der Waals surface area contributed by atoms with E-state index in [0.29, 0.717) is 11.8 Å². The van der Waals surface area contributed by atoms with Crippen molar-refractivity contribution in [3.63, 3.8) is 0 Å². The largest absolute Gasteiger partial charge is 0.335 e. The Kier molecular flexibility index (Phi) is 3.55. The molecule has 2 N–H and O–H groups in total. The van der Waals surface area contributed by atoms with Crippen LogP contribution in [0.5, 0.6) is 0 Å². The highest BCUT2D eigenvalue weighted by molar-refractivity contribution is 5.79. The van der Waals surface area contributed by atoms with Crippen LogP contribution < -0.4 is 5.32 Å². The van der Waals surface area contributed by atoms with Gasteiger partial charge in [-0.05, 0) is 38.3 Å². The van der Waals surface area contributed by atoms with Crippen LogP contribution in [0.2, 0.25) is 0 Å². The summed E-state index contributed by atoms with van der Waals surface area (Å²) in [4.78, 5) is 14.8. The lowest BCUT2D eigenvalue weighted by molar-refractivity contribution is -0.141. The van der Waals surface area contributed by atoms with Crippen LogP contribution in [0.1, 0.15) is 37.8 Å². The lowest BCUT2D eigenvalue weighted by Crippen LogP contribution is -2.51. The minimum Gasteiger partial charge on any atom is -0.335 e. The van der Waals surface area contributed by atoms with E-state index in [4.69, 9.17) is 0 Å². The maximum Gasteiger partial charge on any atom is 0.226 e. The highest BCUT2D eigenvalue weighted by Crippen LogP contribution is 2.32. The predicted molar refractivity (Wildman–Crippen MR) is 72.4 cm³/mol. The molecule has 1 aromatic rings. The first-order valence-electron chi connectivity index (χ1n) is 7.27. The number of nitrogens with zero attached hydrogens (tertiary/aromatic N) is 2. The summed E-state index contributed by atoms with van der Waals surface area (Å²) in [6, 6.07) is 0.218. The number of carbonyl (C=O) groups is 1. The summed E-state index contributed by atoms with van der Waals surface area (Å²) in [5.41, 5.74) is 1.15. The fourth-order valence-electron chi connectivity index (χ4n) is 3.11. The van der Waals surface area contributed by atoms with E-state index in [2.05, 4.69) is 27.3 Å². The van der Waals surface area contributed by atoms with Crippen LogP contribution >= 0.6 is 0 Å². The molecule has 1 aromatic heterocycles. The molecule has 2 aliphatic heterocycles. The Labute approximate surface area is 113 Å². The molecule has 19 heavy (non-hydrogen) atoms. The van der Waals surface area contributed by atoms with E-state index in [1.165, 1.54) is 6.42 Å². The molecule has 5 heteroatoms. The highest BCUT2D eigenvalue weighted by Gasteiger charge is 2.35. The normalized spacial score (nSPS) is 25.9. The zero-order valence-electron chi connectivity index (χ0n) is 11.4. The van der Waals surface area contributed by atoms with Gasteiger partial charge in [0.05, 0.1) is 12.2 Å². The molecular weight excluding hydrogens is 240 g/mol. The molecule has 104 valence electrons. The maximum atomic E-state index is 12.7. The summed E-state index contributed by atoms with van der Waals surface area (Å²) in [6.07, 6.45) is 7.15. The van der Waals surface area contributed by atoms with E-state index in [9.17, 15) is 4.79 Å². The number of hydrogen-bond donors (Lipinski definition) is 2. The number of aromatic nitrogens is 2. The average Bonchev–Trinajstić information content (AvgIpc) is 2.89. The summed E-state index contributed by atoms with van der Waals surface area (Å²) in [7, 11) is 0. The molecule has 2 fully saturated rings. The van der Waals surface area contributed by atoms with Crippen LogP contribution in [0.25, 0.3) is 0 Å². The summed E-state index contributed by atoms with van der Waals surface area (Å²) >= 11 is 0. The number of piperidine rings is 1. The molecule has 1 amide bonds. The van der Waals surface area contributed by atoms with Gasteiger partial charge in [-0.3, -0.25) is 9.89 Å². The Morgan fingerprint density at radius 2 is 2.32 bits per heavy atom. The summed E-state index contributed by atoms with van der Waals surface area (Å²) in [5.74, 6) is 0.963. The Bertz CT molecular complexity index is 427. The van der Waals surface area contributed by atoms with Gasteiger partial charge in [-0.2, -0.15) is 5.10 Å². The van der Waals surface area contributed by atoms with Crippen molar-refractivity contribution in [2.75, 3.05) is 19.6 Å². The van der Waals surface area contributed by atoms with E-state index >= 15 is 0 Å². The molecule has 2 unspecified atom stereocenters. The van der Waals surface area contributed by atoms with Crippen LogP contribution in [-0.2, 0) is 4.79 Å². The molecule has 0 aromatic carbocycles. The molecular formula is C14H22N4O. The van der Waals surface area contributed by atoms with Crippen molar-refractivity contribution in [2.24, 2.45) is 11.8 Å².